The first-order valence-corrected chi connectivity index (χ1v) is 11.4. The molecule has 0 unspecified atom stereocenters. The molecule has 156 valence electrons. The van der Waals surface area contributed by atoms with Crippen molar-refractivity contribution < 1.29 is 4.79 Å². The van der Waals surface area contributed by atoms with Crippen molar-refractivity contribution >= 4 is 11.7 Å². The van der Waals surface area contributed by atoms with E-state index in [0.29, 0.717) is 0 Å². The number of carbonyl (C=O) groups is 1. The second-order valence-electron chi connectivity index (χ2n) is 8.49. The largest absolute Gasteiger partial charge is 0.324 e. The first-order chi connectivity index (χ1) is 14.2. The fraction of sp³-hybridized carbons (Fsp3) is 0.500. The van der Waals surface area contributed by atoms with Gasteiger partial charge in [-0.05, 0) is 37.0 Å². The summed E-state index contributed by atoms with van der Waals surface area (Å²) in [6.45, 7) is 3.88. The van der Waals surface area contributed by atoms with E-state index in [0.717, 1.165) is 25.2 Å². The smallest absolute Gasteiger partial charge is 0.321 e. The van der Waals surface area contributed by atoms with Gasteiger partial charge in [0, 0.05) is 24.2 Å². The molecule has 0 aliphatic heterocycles. The number of urea groups is 1. The molecule has 0 saturated heterocycles. The molecule has 3 rings (SSSR count). The molecule has 1 aliphatic rings. The second-order valence-corrected chi connectivity index (χ2v) is 8.49. The first kappa shape index (κ1) is 21.4. The Bertz CT molecular complexity index is 723. The van der Waals surface area contributed by atoms with Gasteiger partial charge in [-0.2, -0.15) is 0 Å². The number of unbranched alkanes of at least 4 members (excludes halogenated alkanes) is 4. The molecule has 3 nitrogen and oxygen atoms in total. The molecule has 1 saturated carbocycles. The summed E-state index contributed by atoms with van der Waals surface area (Å²) in [5.74, 6) is 0. The summed E-state index contributed by atoms with van der Waals surface area (Å²) in [7, 11) is 0. The van der Waals surface area contributed by atoms with Crippen LogP contribution in [-0.4, -0.2) is 24.0 Å². The van der Waals surface area contributed by atoms with Gasteiger partial charge >= 0.3 is 6.03 Å². The monoisotopic (exact) mass is 392 g/mol. The predicted molar refractivity (Wildman–Crippen MR) is 122 cm³/mol. The number of hydrogen-bond acceptors (Lipinski definition) is 1. The van der Waals surface area contributed by atoms with Gasteiger partial charge in [-0.25, -0.2) is 4.79 Å². The highest BCUT2D eigenvalue weighted by Gasteiger charge is 2.38. The minimum atomic E-state index is 0.0360. The number of benzene rings is 2. The third-order valence-corrected chi connectivity index (χ3v) is 6.28. The molecule has 0 bridgehead atoms. The summed E-state index contributed by atoms with van der Waals surface area (Å²) in [6, 6.07) is 20.7. The van der Waals surface area contributed by atoms with Crippen molar-refractivity contribution in [1.29, 1.82) is 0 Å². The van der Waals surface area contributed by atoms with Crippen LogP contribution in [0, 0.1) is 0 Å². The standard InChI is InChI=1S/C26H36N2O/c1-2-3-4-5-14-21-28(25(29)27-24-17-10-7-11-18-24)22-26(19-12-13-20-26)23-15-8-6-9-16-23/h6-11,15-18H,2-5,12-14,19-22H2,1H3,(H,27,29). The molecule has 2 aromatic rings. The van der Waals surface area contributed by atoms with E-state index >= 15 is 0 Å². The minimum Gasteiger partial charge on any atom is -0.324 e. The number of nitrogens with one attached hydrogen (secondary N) is 1. The van der Waals surface area contributed by atoms with Gasteiger partial charge in [0.1, 0.15) is 0 Å². The Morgan fingerprint density at radius 1 is 0.897 bits per heavy atom. The molecule has 0 aromatic heterocycles. The quantitative estimate of drug-likeness (QED) is 0.434. The van der Waals surface area contributed by atoms with Crippen LogP contribution in [0.15, 0.2) is 60.7 Å². The first-order valence-electron chi connectivity index (χ1n) is 11.4. The van der Waals surface area contributed by atoms with E-state index in [1.807, 2.05) is 30.3 Å². The molecule has 0 spiro atoms. The third-order valence-electron chi connectivity index (χ3n) is 6.28. The third kappa shape index (κ3) is 6.09. The Morgan fingerprint density at radius 2 is 1.52 bits per heavy atom. The van der Waals surface area contributed by atoms with Crippen LogP contribution in [0.2, 0.25) is 0 Å². The number of nitrogens with zero attached hydrogens (tertiary/aromatic N) is 1. The number of amides is 2. The Hall–Kier alpha value is -2.29. The van der Waals surface area contributed by atoms with Gasteiger partial charge < -0.3 is 10.2 Å². The highest BCUT2D eigenvalue weighted by Crippen LogP contribution is 2.41. The molecule has 29 heavy (non-hydrogen) atoms. The molecular formula is C26H36N2O. The Labute approximate surface area is 176 Å². The zero-order chi connectivity index (χ0) is 20.4. The molecule has 2 aromatic carbocycles. The van der Waals surface area contributed by atoms with Crippen molar-refractivity contribution in [2.45, 2.75) is 70.1 Å². The van der Waals surface area contributed by atoms with Crippen LogP contribution in [0.4, 0.5) is 10.5 Å². The zero-order valence-electron chi connectivity index (χ0n) is 17.9. The topological polar surface area (TPSA) is 32.3 Å². The normalized spacial score (nSPS) is 15.2. The van der Waals surface area contributed by atoms with E-state index < -0.39 is 0 Å². The van der Waals surface area contributed by atoms with Crippen LogP contribution >= 0.6 is 0 Å². The number of rotatable bonds is 10. The molecule has 0 radical (unpaired) electrons. The summed E-state index contributed by atoms with van der Waals surface area (Å²) >= 11 is 0. The van der Waals surface area contributed by atoms with Gasteiger partial charge in [0.05, 0.1) is 0 Å². The van der Waals surface area contributed by atoms with E-state index in [1.54, 1.807) is 0 Å². The molecule has 0 heterocycles. The summed E-state index contributed by atoms with van der Waals surface area (Å²) < 4.78 is 0. The van der Waals surface area contributed by atoms with Crippen LogP contribution < -0.4 is 5.32 Å². The molecule has 0 atom stereocenters. The van der Waals surface area contributed by atoms with Crippen LogP contribution in [0.25, 0.3) is 0 Å². The fourth-order valence-electron chi connectivity index (χ4n) is 4.63. The lowest BCUT2D eigenvalue weighted by molar-refractivity contribution is 0.190. The minimum absolute atomic E-state index is 0.0360. The van der Waals surface area contributed by atoms with Gasteiger partial charge in [0.2, 0.25) is 0 Å². The van der Waals surface area contributed by atoms with Gasteiger partial charge in [-0.1, -0.05) is 94.0 Å². The summed E-state index contributed by atoms with van der Waals surface area (Å²) in [4.78, 5) is 15.3. The molecule has 1 fully saturated rings. The maximum absolute atomic E-state index is 13.2. The average molecular weight is 393 g/mol. The van der Waals surface area contributed by atoms with E-state index in [2.05, 4.69) is 47.5 Å². The van der Waals surface area contributed by atoms with Gasteiger partial charge in [-0.15, -0.1) is 0 Å². The maximum atomic E-state index is 13.2. The summed E-state index contributed by atoms with van der Waals surface area (Å²) in [5, 5.41) is 3.12. The fourth-order valence-corrected chi connectivity index (χ4v) is 4.63. The van der Waals surface area contributed by atoms with Crippen molar-refractivity contribution in [3.63, 3.8) is 0 Å². The lowest BCUT2D eigenvalue weighted by Crippen LogP contribution is -2.45. The van der Waals surface area contributed by atoms with Crippen LogP contribution in [0.5, 0.6) is 0 Å². The second kappa shape index (κ2) is 11.0. The average Bonchev–Trinajstić information content (AvgIpc) is 3.24. The SMILES string of the molecule is CCCCCCCN(CC1(c2ccccc2)CCCC1)C(=O)Nc1ccccc1. The maximum Gasteiger partial charge on any atom is 0.321 e. The number of anilines is 1. The Balaban J connectivity index is 1.73. The number of carbonyl (C=O) groups excluding carboxylic acids is 1. The van der Waals surface area contributed by atoms with Crippen molar-refractivity contribution in [3.05, 3.63) is 66.2 Å². The van der Waals surface area contributed by atoms with Crippen LogP contribution in [-0.2, 0) is 5.41 Å². The highest BCUT2D eigenvalue weighted by atomic mass is 16.2. The number of para-hydroxylation sites is 1. The van der Waals surface area contributed by atoms with Crippen molar-refractivity contribution in [2.24, 2.45) is 0 Å². The molecular weight excluding hydrogens is 356 g/mol. The van der Waals surface area contributed by atoms with Crippen molar-refractivity contribution in [1.82, 2.24) is 4.90 Å². The van der Waals surface area contributed by atoms with Crippen LogP contribution in [0.1, 0.15) is 70.3 Å². The number of hydrogen-bond donors (Lipinski definition) is 1. The summed E-state index contributed by atoms with van der Waals surface area (Å²) in [5.41, 5.74) is 2.35. The van der Waals surface area contributed by atoms with Gasteiger partial charge in [0.25, 0.3) is 0 Å². The molecule has 3 heteroatoms. The van der Waals surface area contributed by atoms with E-state index in [-0.39, 0.29) is 11.4 Å². The van der Waals surface area contributed by atoms with Crippen molar-refractivity contribution in [3.8, 4) is 0 Å². The van der Waals surface area contributed by atoms with Crippen molar-refractivity contribution in [2.75, 3.05) is 18.4 Å². The lowest BCUT2D eigenvalue weighted by Gasteiger charge is -2.36. The van der Waals surface area contributed by atoms with E-state index in [1.165, 1.54) is 56.9 Å². The van der Waals surface area contributed by atoms with Crippen LogP contribution in [0.3, 0.4) is 0 Å². The zero-order valence-corrected chi connectivity index (χ0v) is 17.9. The van der Waals surface area contributed by atoms with E-state index in [9.17, 15) is 4.79 Å². The molecule has 2 amide bonds. The highest BCUT2D eigenvalue weighted by molar-refractivity contribution is 5.89. The Morgan fingerprint density at radius 3 is 2.17 bits per heavy atom. The van der Waals surface area contributed by atoms with Gasteiger partial charge in [-0.3, -0.25) is 0 Å². The van der Waals surface area contributed by atoms with E-state index in [4.69, 9.17) is 0 Å². The Kier molecular flexibility index (Phi) is 8.15. The summed E-state index contributed by atoms with van der Waals surface area (Å²) in [6.07, 6.45) is 10.9. The lowest BCUT2D eigenvalue weighted by atomic mass is 9.78. The molecule has 1 N–H and O–H groups in total. The van der Waals surface area contributed by atoms with Gasteiger partial charge in [0.15, 0.2) is 0 Å². The molecule has 1 aliphatic carbocycles. The predicted octanol–water partition coefficient (Wildman–Crippen LogP) is 7.00.